The quantitative estimate of drug-likeness (QED) is 0.754. The summed E-state index contributed by atoms with van der Waals surface area (Å²) in [5.74, 6) is -1.31. The Morgan fingerprint density at radius 1 is 1.17 bits per heavy atom. The molecule has 0 saturated carbocycles. The normalized spacial score (nSPS) is 15.2. The summed E-state index contributed by atoms with van der Waals surface area (Å²) in [7, 11) is 2.11. The number of carbonyl (C=O) groups excluding carboxylic acids is 2. The smallest absolute Gasteiger partial charge is 0.313 e. The van der Waals surface area contributed by atoms with Crippen LogP contribution in [0.4, 0.5) is 11.4 Å². The monoisotopic (exact) mass is 334 g/mol. The summed E-state index contributed by atoms with van der Waals surface area (Å²) in [6, 6.07) is 7.52. The largest absolute Gasteiger partial charge is 0.395 e. The second-order valence-corrected chi connectivity index (χ2v) is 5.90. The molecule has 132 valence electrons. The Hall–Kier alpha value is -2.12. The van der Waals surface area contributed by atoms with Crippen molar-refractivity contribution in [3.05, 3.63) is 24.3 Å². The minimum absolute atomic E-state index is 0.158. The van der Waals surface area contributed by atoms with Crippen LogP contribution in [0.1, 0.15) is 6.92 Å². The number of piperazine rings is 1. The number of nitrogens with zero attached hydrogens (tertiary/aromatic N) is 3. The standard InChI is InChI=1S/C17H26N4O3/c1-3-20(12-13-22)17(24)16(23)18-14-4-6-15(7-5-14)21-10-8-19(2)9-11-21/h4-7,22H,3,8-13H2,1-2H3,(H,18,23). The summed E-state index contributed by atoms with van der Waals surface area (Å²) in [4.78, 5) is 29.9. The highest BCUT2D eigenvalue weighted by molar-refractivity contribution is 6.39. The van der Waals surface area contributed by atoms with Crippen LogP contribution in [0.5, 0.6) is 0 Å². The maximum Gasteiger partial charge on any atom is 0.313 e. The van der Waals surface area contributed by atoms with Crippen LogP contribution in [-0.2, 0) is 9.59 Å². The number of rotatable bonds is 5. The number of aliphatic hydroxyl groups excluding tert-OH is 1. The lowest BCUT2D eigenvalue weighted by molar-refractivity contribution is -0.143. The third kappa shape index (κ3) is 4.69. The average Bonchev–Trinajstić information content (AvgIpc) is 2.60. The second-order valence-electron chi connectivity index (χ2n) is 5.90. The number of hydrogen-bond donors (Lipinski definition) is 2. The number of anilines is 2. The molecule has 0 atom stereocenters. The molecule has 1 aliphatic heterocycles. The molecule has 1 aliphatic rings. The summed E-state index contributed by atoms with van der Waals surface area (Å²) < 4.78 is 0. The first kappa shape index (κ1) is 18.2. The third-order valence-corrected chi connectivity index (χ3v) is 4.23. The van der Waals surface area contributed by atoms with Crippen molar-refractivity contribution in [2.45, 2.75) is 6.92 Å². The van der Waals surface area contributed by atoms with E-state index in [9.17, 15) is 9.59 Å². The molecular weight excluding hydrogens is 308 g/mol. The van der Waals surface area contributed by atoms with E-state index in [1.54, 1.807) is 19.1 Å². The van der Waals surface area contributed by atoms with Crippen molar-refractivity contribution in [2.75, 3.05) is 63.1 Å². The van der Waals surface area contributed by atoms with E-state index in [2.05, 4.69) is 22.2 Å². The maximum atomic E-state index is 12.0. The lowest BCUT2D eigenvalue weighted by Crippen LogP contribution is -2.44. The molecule has 1 saturated heterocycles. The summed E-state index contributed by atoms with van der Waals surface area (Å²) in [5, 5.41) is 11.5. The van der Waals surface area contributed by atoms with Gasteiger partial charge in [0, 0.05) is 50.6 Å². The van der Waals surface area contributed by atoms with E-state index in [1.807, 2.05) is 12.1 Å². The van der Waals surface area contributed by atoms with Gasteiger partial charge in [0.1, 0.15) is 0 Å². The van der Waals surface area contributed by atoms with Gasteiger partial charge in [0.2, 0.25) is 0 Å². The first-order chi connectivity index (χ1) is 11.5. The Morgan fingerprint density at radius 2 is 1.79 bits per heavy atom. The highest BCUT2D eigenvalue weighted by atomic mass is 16.3. The number of likely N-dealkylation sites (N-methyl/N-ethyl adjacent to an activating group) is 2. The van der Waals surface area contributed by atoms with Gasteiger partial charge in [-0.3, -0.25) is 9.59 Å². The molecule has 0 aliphatic carbocycles. The van der Waals surface area contributed by atoms with Crippen LogP contribution in [0, 0.1) is 0 Å². The first-order valence-corrected chi connectivity index (χ1v) is 8.29. The van der Waals surface area contributed by atoms with Gasteiger partial charge in [-0.25, -0.2) is 0 Å². The molecule has 24 heavy (non-hydrogen) atoms. The van der Waals surface area contributed by atoms with Gasteiger partial charge >= 0.3 is 11.8 Å². The molecule has 0 unspecified atom stereocenters. The van der Waals surface area contributed by atoms with Crippen molar-refractivity contribution in [2.24, 2.45) is 0 Å². The van der Waals surface area contributed by atoms with Crippen molar-refractivity contribution in [1.29, 1.82) is 0 Å². The summed E-state index contributed by atoms with van der Waals surface area (Å²) in [6.07, 6.45) is 0. The number of hydrogen-bond acceptors (Lipinski definition) is 5. The van der Waals surface area contributed by atoms with Crippen LogP contribution in [0.15, 0.2) is 24.3 Å². The Labute approximate surface area is 142 Å². The SMILES string of the molecule is CCN(CCO)C(=O)C(=O)Nc1ccc(N2CCN(C)CC2)cc1. The van der Waals surface area contributed by atoms with E-state index < -0.39 is 11.8 Å². The van der Waals surface area contributed by atoms with Crippen LogP contribution < -0.4 is 10.2 Å². The first-order valence-electron chi connectivity index (χ1n) is 8.29. The molecule has 0 aromatic heterocycles. The van der Waals surface area contributed by atoms with Gasteiger partial charge in [-0.1, -0.05) is 0 Å². The van der Waals surface area contributed by atoms with Gasteiger partial charge < -0.3 is 25.1 Å². The van der Waals surface area contributed by atoms with Gasteiger partial charge in [-0.2, -0.15) is 0 Å². The third-order valence-electron chi connectivity index (χ3n) is 4.23. The zero-order valence-corrected chi connectivity index (χ0v) is 14.4. The molecule has 2 rings (SSSR count). The minimum Gasteiger partial charge on any atom is -0.395 e. The van der Waals surface area contributed by atoms with Crippen molar-refractivity contribution < 1.29 is 14.7 Å². The van der Waals surface area contributed by atoms with Crippen LogP contribution >= 0.6 is 0 Å². The van der Waals surface area contributed by atoms with Crippen molar-refractivity contribution in [3.63, 3.8) is 0 Å². The predicted octanol–water partition coefficient (Wildman–Crippen LogP) is 0.218. The Kier molecular flexibility index (Phi) is 6.57. The van der Waals surface area contributed by atoms with E-state index in [0.717, 1.165) is 31.9 Å². The lowest BCUT2D eigenvalue weighted by atomic mass is 10.2. The summed E-state index contributed by atoms with van der Waals surface area (Å²) in [5.41, 5.74) is 1.70. The van der Waals surface area contributed by atoms with Crippen molar-refractivity contribution in [3.8, 4) is 0 Å². The molecule has 7 nitrogen and oxygen atoms in total. The zero-order chi connectivity index (χ0) is 17.5. The molecular formula is C17H26N4O3. The lowest BCUT2D eigenvalue weighted by Gasteiger charge is -2.34. The molecule has 0 radical (unpaired) electrons. The van der Waals surface area contributed by atoms with Crippen LogP contribution in [0.25, 0.3) is 0 Å². The molecule has 1 fully saturated rings. The topological polar surface area (TPSA) is 76.1 Å². The van der Waals surface area contributed by atoms with Gasteiger partial charge in [-0.15, -0.1) is 0 Å². The second kappa shape index (κ2) is 8.65. The Balaban J connectivity index is 1.93. The van der Waals surface area contributed by atoms with Crippen molar-refractivity contribution >= 4 is 23.2 Å². The molecule has 1 aromatic carbocycles. The van der Waals surface area contributed by atoms with Gasteiger partial charge in [0.25, 0.3) is 0 Å². The fourth-order valence-electron chi connectivity index (χ4n) is 2.67. The molecule has 2 amide bonds. The van der Waals surface area contributed by atoms with Gasteiger partial charge in [0.05, 0.1) is 6.61 Å². The Bertz CT molecular complexity index is 553. The summed E-state index contributed by atoms with van der Waals surface area (Å²) >= 11 is 0. The predicted molar refractivity (Wildman–Crippen MR) is 94.1 cm³/mol. The van der Waals surface area contributed by atoms with Crippen molar-refractivity contribution in [1.82, 2.24) is 9.80 Å². The Morgan fingerprint density at radius 3 is 2.33 bits per heavy atom. The van der Waals surface area contributed by atoms with E-state index in [-0.39, 0.29) is 13.2 Å². The molecule has 0 spiro atoms. The van der Waals surface area contributed by atoms with Crippen LogP contribution in [0.2, 0.25) is 0 Å². The number of carbonyl (C=O) groups is 2. The average molecular weight is 334 g/mol. The summed E-state index contributed by atoms with van der Waals surface area (Å²) in [6.45, 7) is 6.18. The van der Waals surface area contributed by atoms with Gasteiger partial charge in [0.15, 0.2) is 0 Å². The molecule has 1 aromatic rings. The van der Waals surface area contributed by atoms with E-state index in [1.165, 1.54) is 4.90 Å². The highest BCUT2D eigenvalue weighted by Gasteiger charge is 2.20. The van der Waals surface area contributed by atoms with E-state index in [0.29, 0.717) is 12.2 Å². The van der Waals surface area contributed by atoms with Gasteiger partial charge in [-0.05, 0) is 38.2 Å². The number of nitrogens with one attached hydrogen (secondary N) is 1. The molecule has 0 bridgehead atoms. The maximum absolute atomic E-state index is 12.0. The number of amides is 2. The van der Waals surface area contributed by atoms with Crippen LogP contribution in [-0.4, -0.2) is 79.6 Å². The molecule has 7 heteroatoms. The fraction of sp³-hybridized carbons (Fsp3) is 0.529. The minimum atomic E-state index is -0.683. The molecule has 2 N–H and O–H groups in total. The van der Waals surface area contributed by atoms with E-state index >= 15 is 0 Å². The highest BCUT2D eigenvalue weighted by Crippen LogP contribution is 2.19. The molecule has 1 heterocycles. The number of benzene rings is 1. The van der Waals surface area contributed by atoms with Crippen LogP contribution in [0.3, 0.4) is 0 Å². The van der Waals surface area contributed by atoms with E-state index in [4.69, 9.17) is 5.11 Å². The number of aliphatic hydroxyl groups is 1. The zero-order valence-electron chi connectivity index (χ0n) is 14.4. The fourth-order valence-corrected chi connectivity index (χ4v) is 2.67.